The van der Waals surface area contributed by atoms with Crippen LogP contribution in [0.3, 0.4) is 0 Å². The van der Waals surface area contributed by atoms with Gasteiger partial charge >= 0.3 is 6.18 Å². The summed E-state index contributed by atoms with van der Waals surface area (Å²) in [4.78, 5) is 5.26. The second-order valence-corrected chi connectivity index (χ2v) is 18.6. The highest BCUT2D eigenvalue weighted by atomic mass is 28.4. The van der Waals surface area contributed by atoms with E-state index in [-0.39, 0.29) is 23.0 Å². The number of benzene rings is 2. The third-order valence-electron chi connectivity index (χ3n) is 9.58. The highest BCUT2D eigenvalue weighted by molar-refractivity contribution is 6.72. The second-order valence-electron chi connectivity index (χ2n) is 14.0. The Bertz CT molecular complexity index is 1440. The summed E-state index contributed by atoms with van der Waals surface area (Å²) in [5.74, 6) is -0.357. The SMILES string of the molecule is CC(C)[Si](C)(C)OC1CC(C)(C)Cc2nc(C3CCCC3)c(C(F)c3ccc(C(F)(F)F)cc3)c(-c3ccc(F)cc3)c21. The number of aromatic nitrogens is 1. The topological polar surface area (TPSA) is 22.1 Å². The molecule has 0 radical (unpaired) electrons. The van der Waals surface area contributed by atoms with Crippen molar-refractivity contribution in [2.24, 2.45) is 5.41 Å². The number of fused-ring (bicyclic) bond motifs is 1. The largest absolute Gasteiger partial charge is 0.416 e. The van der Waals surface area contributed by atoms with Crippen molar-refractivity contribution in [2.45, 2.75) is 109 Å². The first-order valence-electron chi connectivity index (χ1n) is 15.4. The van der Waals surface area contributed by atoms with Gasteiger partial charge < -0.3 is 4.43 Å². The molecular formula is C35H42F5NOSi. The zero-order valence-electron chi connectivity index (χ0n) is 25.9. The molecule has 0 bridgehead atoms. The minimum absolute atomic E-state index is 0.0399. The molecule has 3 aromatic rings. The minimum Gasteiger partial charge on any atom is -0.410 e. The molecule has 2 aliphatic rings. The van der Waals surface area contributed by atoms with Crippen LogP contribution < -0.4 is 0 Å². The average Bonchev–Trinajstić information content (AvgIpc) is 3.46. The lowest BCUT2D eigenvalue weighted by molar-refractivity contribution is -0.137. The van der Waals surface area contributed by atoms with E-state index in [1.165, 1.54) is 24.3 Å². The van der Waals surface area contributed by atoms with Gasteiger partial charge in [-0.15, -0.1) is 0 Å². The molecule has 0 aliphatic heterocycles. The van der Waals surface area contributed by atoms with Gasteiger partial charge in [0, 0.05) is 22.7 Å². The molecule has 1 fully saturated rings. The third-order valence-corrected chi connectivity index (χ3v) is 13.3. The zero-order chi connectivity index (χ0) is 31.3. The molecule has 1 aromatic heterocycles. The fourth-order valence-corrected chi connectivity index (χ4v) is 7.81. The zero-order valence-corrected chi connectivity index (χ0v) is 26.9. The van der Waals surface area contributed by atoms with E-state index in [9.17, 15) is 17.6 Å². The second kappa shape index (κ2) is 11.7. The molecule has 2 unspecified atom stereocenters. The average molecular weight is 616 g/mol. The summed E-state index contributed by atoms with van der Waals surface area (Å²) in [6.45, 7) is 13.1. The first-order valence-corrected chi connectivity index (χ1v) is 18.4. The van der Waals surface area contributed by atoms with Crippen molar-refractivity contribution in [3.05, 3.63) is 88.0 Å². The van der Waals surface area contributed by atoms with Crippen molar-refractivity contribution in [2.75, 3.05) is 0 Å². The van der Waals surface area contributed by atoms with E-state index in [4.69, 9.17) is 9.41 Å². The molecule has 5 rings (SSSR count). The van der Waals surface area contributed by atoms with Gasteiger partial charge in [-0.3, -0.25) is 4.98 Å². The van der Waals surface area contributed by atoms with Crippen LogP contribution in [0.15, 0.2) is 48.5 Å². The number of hydrogen-bond acceptors (Lipinski definition) is 2. The maximum atomic E-state index is 17.1. The van der Waals surface area contributed by atoms with Crippen LogP contribution in [0.4, 0.5) is 22.0 Å². The molecule has 0 N–H and O–H groups in total. The molecule has 1 saturated carbocycles. The lowest BCUT2D eigenvalue weighted by Gasteiger charge is -2.43. The summed E-state index contributed by atoms with van der Waals surface area (Å²) in [7, 11) is -2.19. The van der Waals surface area contributed by atoms with Crippen molar-refractivity contribution in [3.8, 4) is 11.1 Å². The van der Waals surface area contributed by atoms with Crippen LogP contribution in [0.25, 0.3) is 11.1 Å². The normalized spacial score (nSPS) is 20.0. The quantitative estimate of drug-likeness (QED) is 0.195. The van der Waals surface area contributed by atoms with Crippen molar-refractivity contribution < 1.29 is 26.4 Å². The smallest absolute Gasteiger partial charge is 0.410 e. The number of alkyl halides is 4. The third kappa shape index (κ3) is 6.60. The van der Waals surface area contributed by atoms with Gasteiger partial charge in [0.05, 0.1) is 17.4 Å². The van der Waals surface area contributed by atoms with Crippen LogP contribution in [0.2, 0.25) is 18.6 Å². The highest BCUT2D eigenvalue weighted by Gasteiger charge is 2.43. The van der Waals surface area contributed by atoms with Gasteiger partial charge in [0.15, 0.2) is 14.5 Å². The summed E-state index contributed by atoms with van der Waals surface area (Å²) in [6, 6.07) is 10.4. The fourth-order valence-electron chi connectivity index (χ4n) is 6.60. The first-order chi connectivity index (χ1) is 20.1. The van der Waals surface area contributed by atoms with Crippen LogP contribution in [-0.2, 0) is 17.0 Å². The van der Waals surface area contributed by atoms with Gasteiger partial charge in [-0.2, -0.15) is 13.2 Å². The molecule has 2 aromatic carbocycles. The molecule has 43 heavy (non-hydrogen) atoms. The minimum atomic E-state index is -4.52. The first kappa shape index (κ1) is 31.8. The van der Waals surface area contributed by atoms with E-state index in [2.05, 4.69) is 40.8 Å². The van der Waals surface area contributed by atoms with Gasteiger partial charge in [-0.1, -0.05) is 64.8 Å². The molecular weight excluding hydrogens is 573 g/mol. The van der Waals surface area contributed by atoms with Gasteiger partial charge in [0.2, 0.25) is 0 Å². The molecule has 0 spiro atoms. The Hall–Kier alpha value is -2.58. The number of hydrogen-bond donors (Lipinski definition) is 0. The summed E-state index contributed by atoms with van der Waals surface area (Å²) in [5.41, 5.74) is 3.67. The van der Waals surface area contributed by atoms with Crippen molar-refractivity contribution in [1.29, 1.82) is 0 Å². The van der Waals surface area contributed by atoms with E-state index in [0.29, 0.717) is 34.3 Å². The molecule has 232 valence electrons. The monoisotopic (exact) mass is 615 g/mol. The van der Waals surface area contributed by atoms with Crippen LogP contribution in [0, 0.1) is 11.2 Å². The maximum Gasteiger partial charge on any atom is 0.416 e. The van der Waals surface area contributed by atoms with Crippen molar-refractivity contribution in [3.63, 3.8) is 0 Å². The van der Waals surface area contributed by atoms with Crippen molar-refractivity contribution >= 4 is 8.32 Å². The van der Waals surface area contributed by atoms with Gasteiger partial charge in [-0.05, 0) is 90.7 Å². The van der Waals surface area contributed by atoms with Crippen LogP contribution in [0.5, 0.6) is 0 Å². The Kier molecular flexibility index (Phi) is 8.68. The Balaban J connectivity index is 1.81. The van der Waals surface area contributed by atoms with Crippen molar-refractivity contribution in [1.82, 2.24) is 4.98 Å². The summed E-state index contributed by atoms with van der Waals surface area (Å²) >= 11 is 0. The number of nitrogens with zero attached hydrogens (tertiary/aromatic N) is 1. The molecule has 2 nitrogen and oxygen atoms in total. The standard InChI is InChI=1S/C35H42F5NOSi/c1-21(2)43(5,6)42-28-20-34(3,4)19-27-30(28)29(22-13-17-26(36)18-14-22)31(33(41-27)24-9-7-8-10-24)32(37)23-11-15-25(16-12-23)35(38,39)40/h11-18,21,24,28,32H,7-10,19-20H2,1-6H3. The van der Waals surface area contributed by atoms with E-state index in [0.717, 1.165) is 55.5 Å². The molecule has 2 atom stereocenters. The Morgan fingerprint density at radius 1 is 0.953 bits per heavy atom. The molecule has 0 saturated heterocycles. The molecule has 1 heterocycles. The number of pyridine rings is 1. The number of rotatable bonds is 7. The highest BCUT2D eigenvalue weighted by Crippen LogP contribution is 2.52. The maximum absolute atomic E-state index is 17.1. The van der Waals surface area contributed by atoms with Crippen LogP contribution >= 0.6 is 0 Å². The van der Waals surface area contributed by atoms with Crippen LogP contribution in [-0.4, -0.2) is 13.3 Å². The molecule has 2 aliphatic carbocycles. The molecule has 0 amide bonds. The van der Waals surface area contributed by atoms with E-state index < -0.39 is 32.0 Å². The lowest BCUT2D eigenvalue weighted by atomic mass is 9.71. The Morgan fingerprint density at radius 2 is 1.56 bits per heavy atom. The lowest BCUT2D eigenvalue weighted by Crippen LogP contribution is -2.39. The van der Waals surface area contributed by atoms with Crippen LogP contribution in [0.1, 0.15) is 112 Å². The van der Waals surface area contributed by atoms with Gasteiger partial charge in [-0.25, -0.2) is 8.78 Å². The summed E-state index contributed by atoms with van der Waals surface area (Å²) in [5, 5.41) is 0. The van der Waals surface area contributed by atoms with Gasteiger partial charge in [0.25, 0.3) is 0 Å². The molecule has 8 heteroatoms. The van der Waals surface area contributed by atoms with E-state index in [1.807, 2.05) is 0 Å². The van der Waals surface area contributed by atoms with E-state index in [1.54, 1.807) is 12.1 Å². The number of halogens is 5. The predicted octanol–water partition coefficient (Wildman–Crippen LogP) is 11.3. The Morgan fingerprint density at radius 3 is 2.12 bits per heavy atom. The Labute approximate surface area is 253 Å². The summed E-state index contributed by atoms with van der Waals surface area (Å²) in [6.07, 6.45) is -1.40. The predicted molar refractivity (Wildman–Crippen MR) is 164 cm³/mol. The summed E-state index contributed by atoms with van der Waals surface area (Å²) < 4.78 is 78.5. The van der Waals surface area contributed by atoms with Gasteiger partial charge in [0.1, 0.15) is 5.82 Å². The van der Waals surface area contributed by atoms with E-state index >= 15 is 4.39 Å². The fraction of sp³-hybridized carbons (Fsp3) is 0.514.